The SMILES string of the molecule is CC(C)C(=O)CNC(=O)c1ccc(Cl)cc1O. The zero-order valence-electron chi connectivity index (χ0n) is 9.66. The molecule has 2 N–H and O–H groups in total. The molecule has 5 heteroatoms. The molecular formula is C12H14ClNO3. The molecule has 92 valence electrons. The lowest BCUT2D eigenvalue weighted by molar-refractivity contribution is -0.120. The number of hydrogen-bond acceptors (Lipinski definition) is 3. The number of carbonyl (C=O) groups is 2. The predicted molar refractivity (Wildman–Crippen MR) is 65.3 cm³/mol. The van der Waals surface area contributed by atoms with E-state index in [0.29, 0.717) is 5.02 Å². The molecule has 4 nitrogen and oxygen atoms in total. The van der Waals surface area contributed by atoms with Crippen molar-refractivity contribution in [1.82, 2.24) is 5.32 Å². The number of benzene rings is 1. The quantitative estimate of drug-likeness (QED) is 0.865. The predicted octanol–water partition coefficient (Wildman–Crippen LogP) is 2.00. The van der Waals surface area contributed by atoms with Crippen LogP contribution in [0, 0.1) is 5.92 Å². The highest BCUT2D eigenvalue weighted by Crippen LogP contribution is 2.21. The van der Waals surface area contributed by atoms with Crippen LogP contribution in [0.4, 0.5) is 0 Å². The van der Waals surface area contributed by atoms with E-state index in [-0.39, 0.29) is 29.6 Å². The van der Waals surface area contributed by atoms with E-state index in [1.807, 2.05) is 0 Å². The Morgan fingerprint density at radius 1 is 1.41 bits per heavy atom. The molecule has 1 aromatic carbocycles. The lowest BCUT2D eigenvalue weighted by Crippen LogP contribution is -2.31. The highest BCUT2D eigenvalue weighted by Gasteiger charge is 2.13. The van der Waals surface area contributed by atoms with Gasteiger partial charge < -0.3 is 10.4 Å². The number of phenolic OH excluding ortho intramolecular Hbond substituents is 1. The number of ketones is 1. The van der Waals surface area contributed by atoms with Crippen LogP contribution in [0.25, 0.3) is 0 Å². The van der Waals surface area contributed by atoms with Crippen LogP contribution in [-0.2, 0) is 4.79 Å². The number of aromatic hydroxyl groups is 1. The molecule has 0 spiro atoms. The lowest BCUT2D eigenvalue weighted by atomic mass is 10.1. The smallest absolute Gasteiger partial charge is 0.255 e. The molecule has 0 radical (unpaired) electrons. The normalized spacial score (nSPS) is 10.4. The number of carbonyl (C=O) groups excluding carboxylic acids is 2. The van der Waals surface area contributed by atoms with E-state index in [1.54, 1.807) is 13.8 Å². The number of nitrogens with one attached hydrogen (secondary N) is 1. The fourth-order valence-corrected chi connectivity index (χ4v) is 1.33. The Labute approximate surface area is 105 Å². The Morgan fingerprint density at radius 2 is 2.06 bits per heavy atom. The van der Waals surface area contributed by atoms with Gasteiger partial charge in [-0.2, -0.15) is 0 Å². The van der Waals surface area contributed by atoms with Gasteiger partial charge in [0.15, 0.2) is 5.78 Å². The van der Waals surface area contributed by atoms with Gasteiger partial charge in [-0.1, -0.05) is 25.4 Å². The zero-order valence-corrected chi connectivity index (χ0v) is 10.4. The van der Waals surface area contributed by atoms with Gasteiger partial charge in [0.2, 0.25) is 0 Å². The summed E-state index contributed by atoms with van der Waals surface area (Å²) in [4.78, 5) is 23.0. The van der Waals surface area contributed by atoms with Crippen LogP contribution < -0.4 is 5.32 Å². The molecule has 0 aromatic heterocycles. The summed E-state index contributed by atoms with van der Waals surface area (Å²) >= 11 is 5.64. The average molecular weight is 256 g/mol. The van der Waals surface area contributed by atoms with E-state index in [0.717, 1.165) is 0 Å². The van der Waals surface area contributed by atoms with Crippen molar-refractivity contribution in [2.75, 3.05) is 6.54 Å². The molecule has 0 aliphatic rings. The summed E-state index contributed by atoms with van der Waals surface area (Å²) in [5.74, 6) is -0.888. The van der Waals surface area contributed by atoms with Crippen LogP contribution >= 0.6 is 11.6 Å². The van der Waals surface area contributed by atoms with Gasteiger partial charge in [0.25, 0.3) is 5.91 Å². The van der Waals surface area contributed by atoms with Gasteiger partial charge in [0.1, 0.15) is 5.75 Å². The van der Waals surface area contributed by atoms with Crippen molar-refractivity contribution in [1.29, 1.82) is 0 Å². The van der Waals surface area contributed by atoms with Crippen LogP contribution in [-0.4, -0.2) is 23.3 Å². The maximum atomic E-state index is 11.6. The highest BCUT2D eigenvalue weighted by molar-refractivity contribution is 6.30. The molecule has 1 amide bonds. The summed E-state index contributed by atoms with van der Waals surface area (Å²) in [6.45, 7) is 3.47. The fraction of sp³-hybridized carbons (Fsp3) is 0.333. The Hall–Kier alpha value is -1.55. The summed E-state index contributed by atoms with van der Waals surface area (Å²) in [7, 11) is 0. The van der Waals surface area contributed by atoms with Crippen LogP contribution in [0.1, 0.15) is 24.2 Å². The zero-order chi connectivity index (χ0) is 13.0. The van der Waals surface area contributed by atoms with E-state index in [4.69, 9.17) is 11.6 Å². The molecule has 0 atom stereocenters. The van der Waals surface area contributed by atoms with Crippen molar-refractivity contribution >= 4 is 23.3 Å². The van der Waals surface area contributed by atoms with Crippen LogP contribution in [0.2, 0.25) is 5.02 Å². The molecule has 0 aliphatic carbocycles. The molecule has 0 unspecified atom stereocenters. The van der Waals surface area contributed by atoms with Crippen molar-refractivity contribution in [2.24, 2.45) is 5.92 Å². The maximum absolute atomic E-state index is 11.6. The van der Waals surface area contributed by atoms with Crippen molar-refractivity contribution in [3.63, 3.8) is 0 Å². The van der Waals surface area contributed by atoms with E-state index >= 15 is 0 Å². The van der Waals surface area contributed by atoms with E-state index in [2.05, 4.69) is 5.32 Å². The third-order valence-electron chi connectivity index (χ3n) is 2.27. The Balaban J connectivity index is 2.68. The molecule has 0 saturated heterocycles. The van der Waals surface area contributed by atoms with E-state index < -0.39 is 5.91 Å². The average Bonchev–Trinajstić information content (AvgIpc) is 2.25. The minimum atomic E-state index is -0.492. The Morgan fingerprint density at radius 3 is 2.59 bits per heavy atom. The van der Waals surface area contributed by atoms with Crippen LogP contribution in [0.3, 0.4) is 0 Å². The van der Waals surface area contributed by atoms with Crippen molar-refractivity contribution < 1.29 is 14.7 Å². The first-order valence-electron chi connectivity index (χ1n) is 5.21. The van der Waals surface area contributed by atoms with Gasteiger partial charge >= 0.3 is 0 Å². The monoisotopic (exact) mass is 255 g/mol. The van der Waals surface area contributed by atoms with Gasteiger partial charge in [-0.05, 0) is 18.2 Å². The third-order valence-corrected chi connectivity index (χ3v) is 2.51. The first-order valence-corrected chi connectivity index (χ1v) is 5.59. The number of hydrogen-bond donors (Lipinski definition) is 2. The summed E-state index contributed by atoms with van der Waals surface area (Å²) in [6, 6.07) is 4.19. The minimum absolute atomic E-state index is 0.0431. The summed E-state index contributed by atoms with van der Waals surface area (Å²) in [5, 5.41) is 12.3. The van der Waals surface area contributed by atoms with Gasteiger partial charge in [-0.25, -0.2) is 0 Å². The number of phenols is 1. The molecule has 17 heavy (non-hydrogen) atoms. The van der Waals surface area contributed by atoms with Gasteiger partial charge in [0, 0.05) is 10.9 Å². The second-order valence-electron chi connectivity index (χ2n) is 3.97. The van der Waals surface area contributed by atoms with E-state index in [1.165, 1.54) is 18.2 Å². The summed E-state index contributed by atoms with van der Waals surface area (Å²) in [6.07, 6.45) is 0. The Bertz CT molecular complexity index is 443. The lowest BCUT2D eigenvalue weighted by Gasteiger charge is -2.08. The number of rotatable bonds is 4. The van der Waals surface area contributed by atoms with E-state index in [9.17, 15) is 14.7 Å². The first-order chi connectivity index (χ1) is 7.91. The van der Waals surface area contributed by atoms with Crippen molar-refractivity contribution in [3.8, 4) is 5.75 Å². The number of amides is 1. The summed E-state index contributed by atoms with van der Waals surface area (Å²) in [5.41, 5.74) is 0.103. The molecule has 0 fully saturated rings. The van der Waals surface area contributed by atoms with Gasteiger partial charge in [-0.3, -0.25) is 9.59 Å². The molecular weight excluding hydrogens is 242 g/mol. The molecule has 1 aromatic rings. The van der Waals surface area contributed by atoms with Crippen molar-refractivity contribution in [3.05, 3.63) is 28.8 Å². The number of halogens is 1. The van der Waals surface area contributed by atoms with Gasteiger partial charge in [-0.15, -0.1) is 0 Å². The molecule has 0 aliphatic heterocycles. The van der Waals surface area contributed by atoms with Gasteiger partial charge in [0.05, 0.1) is 12.1 Å². The van der Waals surface area contributed by atoms with Crippen LogP contribution in [0.15, 0.2) is 18.2 Å². The molecule has 0 bridgehead atoms. The fourth-order valence-electron chi connectivity index (χ4n) is 1.16. The molecule has 1 rings (SSSR count). The second-order valence-corrected chi connectivity index (χ2v) is 4.40. The van der Waals surface area contributed by atoms with Crippen LogP contribution in [0.5, 0.6) is 5.75 Å². The Kier molecular flexibility index (Phi) is 4.52. The highest BCUT2D eigenvalue weighted by atomic mass is 35.5. The van der Waals surface area contributed by atoms with Crippen molar-refractivity contribution in [2.45, 2.75) is 13.8 Å². The third kappa shape index (κ3) is 3.75. The second kappa shape index (κ2) is 5.68. The largest absolute Gasteiger partial charge is 0.507 e. The first kappa shape index (κ1) is 13.5. The maximum Gasteiger partial charge on any atom is 0.255 e. The standard InChI is InChI=1S/C12H14ClNO3/c1-7(2)11(16)6-14-12(17)9-4-3-8(13)5-10(9)15/h3-5,7,15H,6H2,1-2H3,(H,14,17). The topological polar surface area (TPSA) is 66.4 Å². The minimum Gasteiger partial charge on any atom is -0.507 e. The molecule has 0 heterocycles. The molecule has 0 saturated carbocycles. The summed E-state index contributed by atoms with van der Waals surface area (Å²) < 4.78 is 0. The number of Topliss-reactive ketones (excluding diaryl/α,β-unsaturated/α-hetero) is 1.